The van der Waals surface area contributed by atoms with E-state index in [4.69, 9.17) is 5.73 Å². The van der Waals surface area contributed by atoms with E-state index in [-0.39, 0.29) is 30.5 Å². The third-order valence-electron chi connectivity index (χ3n) is 2.20. The molecule has 2 aliphatic heterocycles. The third kappa shape index (κ3) is 2.04. The molecule has 17 heavy (non-hydrogen) atoms. The molecule has 0 amide bonds. The van der Waals surface area contributed by atoms with Gasteiger partial charge in [0.15, 0.2) is 17.3 Å². The summed E-state index contributed by atoms with van der Waals surface area (Å²) in [5.74, 6) is 0.484. The van der Waals surface area contributed by atoms with Gasteiger partial charge in [0.2, 0.25) is 0 Å². The van der Waals surface area contributed by atoms with Crippen molar-refractivity contribution < 1.29 is 0 Å². The van der Waals surface area contributed by atoms with E-state index in [9.17, 15) is 9.59 Å². The van der Waals surface area contributed by atoms with Crippen molar-refractivity contribution in [3.63, 3.8) is 0 Å². The molecule has 0 aromatic heterocycles. The van der Waals surface area contributed by atoms with Gasteiger partial charge in [-0.25, -0.2) is 14.5 Å². The van der Waals surface area contributed by atoms with Crippen molar-refractivity contribution in [3.05, 3.63) is 26.7 Å². The fourth-order valence-electron chi connectivity index (χ4n) is 1.34. The molecule has 8 nitrogen and oxygen atoms in total. The second-order valence-electron chi connectivity index (χ2n) is 3.29. The highest BCUT2D eigenvalue weighted by Gasteiger charge is 2.17. The van der Waals surface area contributed by atoms with Crippen molar-refractivity contribution in [1.82, 2.24) is 24.3 Å². The fourth-order valence-corrected chi connectivity index (χ4v) is 1.34. The lowest BCUT2D eigenvalue weighted by atomic mass is 10.4. The predicted octanol–water partition coefficient (Wildman–Crippen LogP) is -1.75. The molecule has 9 heteroatoms. The molecule has 2 rings (SSSR count). The van der Waals surface area contributed by atoms with E-state index in [1.54, 1.807) is 7.05 Å². The first-order valence-corrected chi connectivity index (χ1v) is 4.55. The number of aromatic nitrogens is 5. The second-order valence-corrected chi connectivity index (χ2v) is 3.29. The van der Waals surface area contributed by atoms with Gasteiger partial charge in [-0.05, 0) is 0 Å². The smallest absolute Gasteiger partial charge is 0.324 e. The fraction of sp³-hybridized carbons (Fsp3) is 0.375. The predicted molar refractivity (Wildman–Crippen MR) is 62.1 cm³/mol. The number of hydrogen-bond acceptors (Lipinski definition) is 6. The van der Waals surface area contributed by atoms with Gasteiger partial charge in [0, 0.05) is 14.1 Å². The van der Waals surface area contributed by atoms with Gasteiger partial charge in [0.1, 0.15) is 0 Å². The zero-order chi connectivity index (χ0) is 11.9. The number of nitrogens with zero attached hydrogens (tertiary/aromatic N) is 5. The lowest BCUT2D eigenvalue weighted by Gasteiger charge is -2.09. The molecule has 0 aliphatic carbocycles. The summed E-state index contributed by atoms with van der Waals surface area (Å²) in [5, 5.41) is 3.96. The lowest BCUT2D eigenvalue weighted by molar-refractivity contribution is 0.644. The van der Waals surface area contributed by atoms with Gasteiger partial charge >= 0.3 is 5.69 Å². The maximum Gasteiger partial charge on any atom is 0.352 e. The maximum atomic E-state index is 11.7. The van der Waals surface area contributed by atoms with Gasteiger partial charge in [0.25, 0.3) is 5.56 Å². The Labute approximate surface area is 102 Å². The molecule has 0 radical (unpaired) electrons. The minimum Gasteiger partial charge on any atom is -0.324 e. The molecule has 0 aromatic rings. The van der Waals surface area contributed by atoms with Crippen molar-refractivity contribution >= 4 is 12.4 Å². The van der Waals surface area contributed by atoms with Gasteiger partial charge in [-0.3, -0.25) is 9.36 Å². The van der Waals surface area contributed by atoms with Crippen molar-refractivity contribution in [1.29, 1.82) is 0 Å². The van der Waals surface area contributed by atoms with Crippen LogP contribution in [0.1, 0.15) is 5.82 Å². The van der Waals surface area contributed by atoms with Crippen LogP contribution in [0.3, 0.4) is 0 Å². The lowest BCUT2D eigenvalue weighted by Crippen LogP contribution is -2.37. The molecule has 0 spiro atoms. The largest absolute Gasteiger partial charge is 0.352 e. The molecule has 0 bridgehead atoms. The summed E-state index contributed by atoms with van der Waals surface area (Å²) >= 11 is 0. The number of fused-ring (bicyclic) bond motifs is 1. The Morgan fingerprint density at radius 3 is 2.47 bits per heavy atom. The van der Waals surface area contributed by atoms with Crippen LogP contribution in [0.2, 0.25) is 0 Å². The van der Waals surface area contributed by atoms with Crippen LogP contribution in [0.4, 0.5) is 0 Å². The molecular formula is C8H11ClN6O2. The van der Waals surface area contributed by atoms with Gasteiger partial charge in [-0.15, -0.1) is 12.4 Å². The minimum atomic E-state index is -0.628. The first-order valence-electron chi connectivity index (χ1n) is 4.55. The first kappa shape index (κ1) is 13.3. The zero-order valence-electron chi connectivity index (χ0n) is 9.25. The highest BCUT2D eigenvalue weighted by atomic mass is 35.5. The normalized spacial score (nSPS) is 10.3. The Balaban J connectivity index is 0.00000144. The van der Waals surface area contributed by atoms with Crippen LogP contribution < -0.4 is 17.0 Å². The minimum absolute atomic E-state index is 0. The highest BCUT2D eigenvalue weighted by molar-refractivity contribution is 5.85. The molecular weight excluding hydrogens is 248 g/mol. The molecule has 0 saturated heterocycles. The average Bonchev–Trinajstić information content (AvgIpc) is 2.27. The average molecular weight is 259 g/mol. The Kier molecular flexibility index (Phi) is 3.59. The SMILES string of the molecule is Cl.Cn1nc(CN)nc2c(=O)n(C)c(=O)nc1-2. The van der Waals surface area contributed by atoms with Crippen LogP contribution in [0.25, 0.3) is 11.5 Å². The van der Waals surface area contributed by atoms with E-state index < -0.39 is 11.2 Å². The van der Waals surface area contributed by atoms with Crippen LogP contribution in [0.15, 0.2) is 9.59 Å². The standard InChI is InChI=1S/C8H10N6O2.ClH/c1-13-7(15)5-6(11-8(13)16)14(2)12-4(3-9)10-5;/h3,9H2,1-2H3;1H. The van der Waals surface area contributed by atoms with Crippen molar-refractivity contribution in [2.75, 3.05) is 0 Å². The van der Waals surface area contributed by atoms with E-state index in [0.717, 1.165) is 4.57 Å². The van der Waals surface area contributed by atoms with Crippen LogP contribution in [0, 0.1) is 0 Å². The van der Waals surface area contributed by atoms with E-state index in [1.807, 2.05) is 0 Å². The molecule has 0 saturated carbocycles. The Hall–Kier alpha value is -1.80. The zero-order valence-corrected chi connectivity index (χ0v) is 10.1. The van der Waals surface area contributed by atoms with Gasteiger partial charge < -0.3 is 5.73 Å². The van der Waals surface area contributed by atoms with Crippen LogP contribution in [-0.4, -0.2) is 24.3 Å². The molecule has 92 valence electrons. The van der Waals surface area contributed by atoms with Crippen molar-refractivity contribution in [2.24, 2.45) is 19.8 Å². The molecule has 0 unspecified atom stereocenters. The Bertz CT molecular complexity index is 633. The number of aryl methyl sites for hydroxylation is 1. The van der Waals surface area contributed by atoms with Crippen LogP contribution in [-0.2, 0) is 20.6 Å². The van der Waals surface area contributed by atoms with Gasteiger partial charge in [0.05, 0.1) is 6.54 Å². The molecule has 2 N–H and O–H groups in total. The summed E-state index contributed by atoms with van der Waals surface area (Å²) in [6.07, 6.45) is 0. The number of nitrogens with two attached hydrogens (primary N) is 1. The number of rotatable bonds is 1. The van der Waals surface area contributed by atoms with Gasteiger partial charge in [-0.1, -0.05) is 0 Å². The topological polar surface area (TPSA) is 109 Å². The molecule has 0 atom stereocenters. The highest BCUT2D eigenvalue weighted by Crippen LogP contribution is 2.07. The Morgan fingerprint density at radius 1 is 1.24 bits per heavy atom. The second kappa shape index (κ2) is 4.60. The molecule has 2 heterocycles. The Morgan fingerprint density at radius 2 is 1.88 bits per heavy atom. The third-order valence-corrected chi connectivity index (χ3v) is 2.20. The van der Waals surface area contributed by atoms with Gasteiger partial charge in [-0.2, -0.15) is 10.1 Å². The molecule has 2 aliphatic rings. The summed E-state index contributed by atoms with van der Waals surface area (Å²) in [5.41, 5.74) is 4.37. The summed E-state index contributed by atoms with van der Waals surface area (Å²) in [6.45, 7) is 0.117. The quantitative estimate of drug-likeness (QED) is 0.650. The summed E-state index contributed by atoms with van der Waals surface area (Å²) in [7, 11) is 2.93. The van der Waals surface area contributed by atoms with E-state index >= 15 is 0 Å². The van der Waals surface area contributed by atoms with Crippen LogP contribution in [0.5, 0.6) is 0 Å². The van der Waals surface area contributed by atoms with E-state index in [1.165, 1.54) is 11.7 Å². The maximum absolute atomic E-state index is 11.7. The summed E-state index contributed by atoms with van der Waals surface area (Å²) in [6, 6.07) is 0. The monoisotopic (exact) mass is 258 g/mol. The number of hydrogen-bond donors (Lipinski definition) is 1. The van der Waals surface area contributed by atoms with Crippen molar-refractivity contribution in [3.8, 4) is 11.5 Å². The molecule has 0 fully saturated rings. The summed E-state index contributed by atoms with van der Waals surface area (Å²) < 4.78 is 2.23. The molecule has 0 aromatic carbocycles. The first-order chi connectivity index (χ1) is 7.54. The van der Waals surface area contributed by atoms with Crippen molar-refractivity contribution in [2.45, 2.75) is 6.54 Å². The summed E-state index contributed by atoms with van der Waals surface area (Å²) in [4.78, 5) is 30.7. The van der Waals surface area contributed by atoms with Crippen LogP contribution >= 0.6 is 12.4 Å². The van der Waals surface area contributed by atoms with E-state index in [2.05, 4.69) is 15.1 Å². The number of halogens is 1. The van der Waals surface area contributed by atoms with E-state index in [0.29, 0.717) is 5.82 Å².